The number of nitrogens with zero attached hydrogens (tertiary/aromatic N) is 2. The predicted octanol–water partition coefficient (Wildman–Crippen LogP) is 1.76. The van der Waals surface area contributed by atoms with Crippen LogP contribution < -0.4 is 16.0 Å². The van der Waals surface area contributed by atoms with Gasteiger partial charge in [0, 0.05) is 17.4 Å². The SMILES string of the molecule is CCc1nnc(NC(=O)CCCC[C@@H]2SC[C@H]3NC(=O)N[C@H]23)s1. The first-order valence-electron chi connectivity index (χ1n) is 7.96. The maximum absolute atomic E-state index is 11.9. The average molecular weight is 355 g/mol. The van der Waals surface area contributed by atoms with Crippen molar-refractivity contribution < 1.29 is 9.59 Å². The Morgan fingerprint density at radius 1 is 1.35 bits per heavy atom. The number of nitrogens with one attached hydrogen (secondary N) is 3. The standard InChI is InChI=1S/C14H21N5O2S2/c1-2-11-18-19-14(23-11)16-10(20)6-4-3-5-9-12-8(7-22-9)15-13(21)17-12/h8-9,12H,2-7H2,1H3,(H2,15,17,21)(H,16,19,20)/t8-,9+,12+/m1/s1. The van der Waals surface area contributed by atoms with Crippen LogP contribution in [0.3, 0.4) is 0 Å². The number of unbranched alkanes of at least 4 members (excludes halogenated alkanes) is 1. The number of anilines is 1. The predicted molar refractivity (Wildman–Crippen MR) is 91.9 cm³/mol. The van der Waals surface area contributed by atoms with Gasteiger partial charge in [0.15, 0.2) is 0 Å². The molecule has 0 radical (unpaired) electrons. The molecule has 0 aliphatic carbocycles. The number of hydrogen-bond donors (Lipinski definition) is 3. The number of urea groups is 1. The monoisotopic (exact) mass is 355 g/mol. The Kier molecular flexibility index (Phi) is 5.37. The number of amides is 3. The zero-order chi connectivity index (χ0) is 16.2. The van der Waals surface area contributed by atoms with E-state index in [1.54, 1.807) is 0 Å². The molecule has 0 bridgehead atoms. The molecule has 0 spiro atoms. The van der Waals surface area contributed by atoms with Crippen molar-refractivity contribution in [1.82, 2.24) is 20.8 Å². The number of hydrogen-bond acceptors (Lipinski definition) is 6. The van der Waals surface area contributed by atoms with Crippen LogP contribution >= 0.6 is 23.1 Å². The van der Waals surface area contributed by atoms with Gasteiger partial charge in [0.05, 0.1) is 12.1 Å². The molecule has 9 heteroatoms. The smallest absolute Gasteiger partial charge is 0.315 e. The van der Waals surface area contributed by atoms with E-state index >= 15 is 0 Å². The first kappa shape index (κ1) is 16.5. The third kappa shape index (κ3) is 4.14. The summed E-state index contributed by atoms with van der Waals surface area (Å²) in [6.07, 6.45) is 4.19. The fourth-order valence-corrected chi connectivity index (χ4v) is 5.14. The van der Waals surface area contributed by atoms with E-state index < -0.39 is 0 Å². The lowest BCUT2D eigenvalue weighted by Gasteiger charge is -2.16. The molecule has 2 saturated heterocycles. The number of aromatic nitrogens is 2. The minimum Gasteiger partial charge on any atom is -0.332 e. The van der Waals surface area contributed by atoms with Crippen molar-refractivity contribution in [3.8, 4) is 0 Å². The molecule has 126 valence electrons. The Labute approximate surface area is 143 Å². The Morgan fingerprint density at radius 3 is 3.00 bits per heavy atom. The lowest BCUT2D eigenvalue weighted by atomic mass is 10.0. The largest absolute Gasteiger partial charge is 0.332 e. The first-order chi connectivity index (χ1) is 11.2. The highest BCUT2D eigenvalue weighted by Gasteiger charge is 2.42. The number of thioether (sulfide) groups is 1. The van der Waals surface area contributed by atoms with Gasteiger partial charge in [-0.3, -0.25) is 4.79 Å². The molecule has 3 rings (SSSR count). The van der Waals surface area contributed by atoms with Gasteiger partial charge in [0.1, 0.15) is 5.01 Å². The second-order valence-electron chi connectivity index (χ2n) is 5.77. The minimum atomic E-state index is -0.0480. The van der Waals surface area contributed by atoms with Crippen LogP contribution in [-0.4, -0.2) is 45.2 Å². The molecule has 1 aromatic heterocycles. The number of aryl methyl sites for hydroxylation is 1. The molecular weight excluding hydrogens is 334 g/mol. The highest BCUT2D eigenvalue weighted by Crippen LogP contribution is 2.33. The van der Waals surface area contributed by atoms with Gasteiger partial charge < -0.3 is 16.0 Å². The summed E-state index contributed by atoms with van der Waals surface area (Å²) in [5, 5.41) is 18.6. The maximum atomic E-state index is 11.9. The normalized spacial score (nSPS) is 25.8. The second kappa shape index (κ2) is 7.48. The summed E-state index contributed by atoms with van der Waals surface area (Å²) in [4.78, 5) is 23.2. The van der Waals surface area contributed by atoms with Crippen molar-refractivity contribution in [2.75, 3.05) is 11.1 Å². The van der Waals surface area contributed by atoms with Gasteiger partial charge in [0.25, 0.3) is 0 Å². The van der Waals surface area contributed by atoms with Crippen LogP contribution in [0.25, 0.3) is 0 Å². The second-order valence-corrected chi connectivity index (χ2v) is 8.10. The van der Waals surface area contributed by atoms with Gasteiger partial charge >= 0.3 is 6.03 Å². The lowest BCUT2D eigenvalue weighted by Crippen LogP contribution is -2.36. The highest BCUT2D eigenvalue weighted by atomic mass is 32.2. The Morgan fingerprint density at radius 2 is 2.22 bits per heavy atom. The van der Waals surface area contributed by atoms with E-state index in [9.17, 15) is 9.59 Å². The maximum Gasteiger partial charge on any atom is 0.315 e. The summed E-state index contributed by atoms with van der Waals surface area (Å²) in [5.41, 5.74) is 0. The summed E-state index contributed by atoms with van der Waals surface area (Å²) < 4.78 is 0. The van der Waals surface area contributed by atoms with Crippen LogP contribution in [0, 0.1) is 0 Å². The molecule has 2 fully saturated rings. The van der Waals surface area contributed by atoms with E-state index in [0.29, 0.717) is 16.8 Å². The van der Waals surface area contributed by atoms with Gasteiger partial charge in [0.2, 0.25) is 11.0 Å². The van der Waals surface area contributed by atoms with E-state index in [0.717, 1.165) is 36.4 Å². The molecule has 3 N–H and O–H groups in total. The van der Waals surface area contributed by atoms with Crippen molar-refractivity contribution in [3.63, 3.8) is 0 Å². The van der Waals surface area contributed by atoms with Crippen molar-refractivity contribution in [3.05, 3.63) is 5.01 Å². The van der Waals surface area contributed by atoms with Crippen LogP contribution in [0.1, 0.15) is 37.6 Å². The summed E-state index contributed by atoms with van der Waals surface area (Å²) >= 11 is 3.34. The molecule has 2 aliphatic rings. The van der Waals surface area contributed by atoms with Crippen LogP contribution in [0.15, 0.2) is 0 Å². The third-order valence-electron chi connectivity index (χ3n) is 4.10. The minimum absolute atomic E-state index is 0.00316. The zero-order valence-electron chi connectivity index (χ0n) is 13.0. The Hall–Kier alpha value is -1.35. The van der Waals surface area contributed by atoms with E-state index in [1.165, 1.54) is 11.3 Å². The molecule has 2 aliphatic heterocycles. The fourth-order valence-electron chi connectivity index (χ4n) is 2.90. The van der Waals surface area contributed by atoms with Crippen LogP contribution in [0.2, 0.25) is 0 Å². The number of rotatable bonds is 7. The molecular formula is C14H21N5O2S2. The van der Waals surface area contributed by atoms with Crippen LogP contribution in [0.5, 0.6) is 0 Å². The number of carbonyl (C=O) groups excluding carboxylic acids is 2. The molecule has 0 unspecified atom stereocenters. The molecule has 3 heterocycles. The molecule has 7 nitrogen and oxygen atoms in total. The number of carbonyl (C=O) groups is 2. The van der Waals surface area contributed by atoms with E-state index in [4.69, 9.17) is 0 Å². The molecule has 3 atom stereocenters. The van der Waals surface area contributed by atoms with Gasteiger partial charge in [-0.1, -0.05) is 24.7 Å². The topological polar surface area (TPSA) is 96.0 Å². The Bertz CT molecular complexity index is 579. The highest BCUT2D eigenvalue weighted by molar-refractivity contribution is 8.00. The molecule has 23 heavy (non-hydrogen) atoms. The van der Waals surface area contributed by atoms with Gasteiger partial charge in [-0.2, -0.15) is 11.8 Å². The first-order valence-corrected chi connectivity index (χ1v) is 9.83. The van der Waals surface area contributed by atoms with E-state index in [1.807, 2.05) is 18.7 Å². The molecule has 1 aromatic rings. The fraction of sp³-hybridized carbons (Fsp3) is 0.714. The van der Waals surface area contributed by atoms with Gasteiger partial charge in [-0.25, -0.2) is 4.79 Å². The van der Waals surface area contributed by atoms with Gasteiger partial charge in [-0.05, 0) is 19.3 Å². The van der Waals surface area contributed by atoms with Crippen molar-refractivity contribution in [2.45, 2.75) is 56.4 Å². The average Bonchev–Trinajstić information content (AvgIpc) is 3.20. The third-order valence-corrected chi connectivity index (χ3v) is 6.59. The summed E-state index contributed by atoms with van der Waals surface area (Å²) in [6.45, 7) is 2.01. The van der Waals surface area contributed by atoms with E-state index in [2.05, 4.69) is 26.1 Å². The summed E-state index contributed by atoms with van der Waals surface area (Å²) in [7, 11) is 0. The summed E-state index contributed by atoms with van der Waals surface area (Å²) in [5.74, 6) is 0.974. The quantitative estimate of drug-likeness (QED) is 0.512. The van der Waals surface area contributed by atoms with Crippen LogP contribution in [0.4, 0.5) is 9.93 Å². The van der Waals surface area contributed by atoms with Gasteiger partial charge in [-0.15, -0.1) is 10.2 Å². The lowest BCUT2D eigenvalue weighted by molar-refractivity contribution is -0.116. The molecule has 3 amide bonds. The van der Waals surface area contributed by atoms with Crippen molar-refractivity contribution in [2.24, 2.45) is 0 Å². The van der Waals surface area contributed by atoms with E-state index in [-0.39, 0.29) is 24.0 Å². The van der Waals surface area contributed by atoms with Crippen molar-refractivity contribution in [1.29, 1.82) is 0 Å². The molecule has 0 saturated carbocycles. The van der Waals surface area contributed by atoms with Crippen molar-refractivity contribution >= 4 is 40.2 Å². The molecule has 0 aromatic carbocycles. The Balaban J connectivity index is 1.33. The summed E-state index contributed by atoms with van der Waals surface area (Å²) in [6, 6.07) is 0.467. The van der Waals surface area contributed by atoms with Crippen LogP contribution in [-0.2, 0) is 11.2 Å². The number of fused-ring (bicyclic) bond motifs is 1. The zero-order valence-corrected chi connectivity index (χ0v) is 14.6.